The van der Waals surface area contributed by atoms with Crippen LogP contribution >= 0.6 is 0 Å². The van der Waals surface area contributed by atoms with Crippen molar-refractivity contribution in [1.29, 1.82) is 0 Å². The van der Waals surface area contributed by atoms with E-state index in [1.54, 1.807) is 139 Å². The van der Waals surface area contributed by atoms with Crippen LogP contribution in [-0.4, -0.2) is 142 Å². The van der Waals surface area contributed by atoms with Crippen molar-refractivity contribution < 1.29 is 50.5 Å². The van der Waals surface area contributed by atoms with Crippen LogP contribution in [0.3, 0.4) is 0 Å². The van der Waals surface area contributed by atoms with Crippen LogP contribution in [-0.2, 0) is 73.2 Å². The predicted molar refractivity (Wildman–Crippen MR) is 324 cm³/mol. The van der Waals surface area contributed by atoms with E-state index in [9.17, 15) is 16.8 Å². The standard InChI is InChI=1S/C60H70N6O12S6/c1-47-10-22-55(23-11-47)79(67,68)61-34-35-62(80(69,70)56-24-12-48(2)13-25-56)37-39-64(82(73,74)58-28-16-50(4)17-29-58)41-43-66(84(77,78)60-32-20-52(6)21-33-60)46-54-9-7-8-53(44-54)45-65(83(75,76)59-30-18-51(5)19-31-59)42-40-63(38-36-61)81(71,72)57-26-14-49(3)15-27-57/h7-33,44H,34-43,45-46H2,1-6H3. The summed E-state index contributed by atoms with van der Waals surface area (Å²) in [5, 5.41) is 0. The van der Waals surface area contributed by atoms with E-state index in [0.717, 1.165) is 59.2 Å². The molecule has 7 aromatic carbocycles. The summed E-state index contributed by atoms with van der Waals surface area (Å²) >= 11 is 0. The minimum absolute atomic E-state index is 0.0938. The van der Waals surface area contributed by atoms with Crippen LogP contribution in [0.4, 0.5) is 0 Å². The van der Waals surface area contributed by atoms with E-state index in [1.165, 1.54) is 72.8 Å². The number of aryl methyl sites for hydroxylation is 6. The summed E-state index contributed by atoms with van der Waals surface area (Å²) in [6.45, 7) is 4.68. The fourth-order valence-corrected chi connectivity index (χ4v) is 18.0. The van der Waals surface area contributed by atoms with E-state index >= 15 is 33.7 Å². The monoisotopic (exact) mass is 1260 g/mol. The average Bonchev–Trinajstić information content (AvgIpc) is 3.19. The van der Waals surface area contributed by atoms with Crippen LogP contribution in [0.2, 0.25) is 0 Å². The number of hydrogen-bond acceptors (Lipinski definition) is 12. The first-order chi connectivity index (χ1) is 39.6. The molecule has 0 unspecified atom stereocenters. The Balaban J connectivity index is 1.32. The third-order valence-electron chi connectivity index (χ3n) is 14.7. The third kappa shape index (κ3) is 15.0. The molecule has 0 amide bonds. The second kappa shape index (κ2) is 26.3. The van der Waals surface area contributed by atoms with Gasteiger partial charge in [-0.1, -0.05) is 130 Å². The van der Waals surface area contributed by atoms with Gasteiger partial charge in [-0.05, 0) is 125 Å². The largest absolute Gasteiger partial charge is 0.243 e. The Hall–Kier alpha value is -6.00. The van der Waals surface area contributed by atoms with Crippen LogP contribution in [0, 0.1) is 41.5 Å². The molecule has 2 bridgehead atoms. The van der Waals surface area contributed by atoms with Crippen molar-refractivity contribution >= 4 is 60.1 Å². The molecule has 0 N–H and O–H groups in total. The van der Waals surface area contributed by atoms with Crippen molar-refractivity contribution in [2.45, 2.75) is 84.0 Å². The van der Waals surface area contributed by atoms with Gasteiger partial charge in [0.25, 0.3) is 0 Å². The Kier molecular flexibility index (Phi) is 20.1. The molecule has 8 rings (SSSR count). The van der Waals surface area contributed by atoms with Crippen molar-refractivity contribution in [2.24, 2.45) is 0 Å². The normalized spacial score (nSPS) is 16.9. The molecule has 18 nitrogen and oxygen atoms in total. The highest BCUT2D eigenvalue weighted by Crippen LogP contribution is 2.27. The fraction of sp³-hybridized carbons (Fsp3) is 0.300. The molecule has 0 aliphatic carbocycles. The van der Waals surface area contributed by atoms with E-state index in [2.05, 4.69) is 0 Å². The molecular weight excluding hydrogens is 1190 g/mol. The minimum atomic E-state index is -4.61. The molecule has 1 heterocycles. The molecule has 0 saturated heterocycles. The van der Waals surface area contributed by atoms with E-state index in [0.29, 0.717) is 11.1 Å². The Morgan fingerprint density at radius 3 is 0.560 bits per heavy atom. The number of fused-ring (bicyclic) bond motifs is 2. The first kappa shape index (κ1) is 64.0. The van der Waals surface area contributed by atoms with Gasteiger partial charge in [0.05, 0.1) is 29.4 Å². The molecule has 24 heteroatoms. The maximum absolute atomic E-state index is 15.1. The second-order valence-corrected chi connectivity index (χ2v) is 32.6. The molecule has 0 fully saturated rings. The third-order valence-corrected chi connectivity index (χ3v) is 26.0. The number of sulfonamides is 6. The smallest absolute Gasteiger partial charge is 0.207 e. The highest BCUT2D eigenvalue weighted by molar-refractivity contribution is 7.90. The number of rotatable bonds is 12. The lowest BCUT2D eigenvalue weighted by atomic mass is 10.1. The summed E-state index contributed by atoms with van der Waals surface area (Å²) in [4.78, 5) is -0.863. The summed E-state index contributed by atoms with van der Waals surface area (Å²) in [7, 11) is -27.2. The Labute approximate surface area is 496 Å². The van der Waals surface area contributed by atoms with Gasteiger partial charge < -0.3 is 0 Å². The predicted octanol–water partition coefficient (Wildman–Crippen LogP) is 7.70. The number of benzene rings is 7. The van der Waals surface area contributed by atoms with Gasteiger partial charge in [0.2, 0.25) is 60.1 Å². The zero-order valence-corrected chi connectivity index (χ0v) is 52.6. The summed E-state index contributed by atoms with van der Waals surface area (Å²) in [6.07, 6.45) is 0. The van der Waals surface area contributed by atoms with E-state index < -0.39 is 126 Å². The van der Waals surface area contributed by atoms with Gasteiger partial charge in [0.15, 0.2) is 0 Å². The van der Waals surface area contributed by atoms with Crippen LogP contribution in [0.1, 0.15) is 44.5 Å². The Morgan fingerprint density at radius 2 is 0.381 bits per heavy atom. The highest BCUT2D eigenvalue weighted by Gasteiger charge is 2.36. The summed E-state index contributed by atoms with van der Waals surface area (Å²) in [5.74, 6) is 0. The van der Waals surface area contributed by atoms with Gasteiger partial charge in [0.1, 0.15) is 0 Å². The fourth-order valence-electron chi connectivity index (χ4n) is 9.48. The molecular formula is C60H70N6O12S6. The van der Waals surface area contributed by atoms with Crippen LogP contribution in [0.25, 0.3) is 0 Å². The topological polar surface area (TPSA) is 224 Å². The summed E-state index contributed by atoms with van der Waals surface area (Å²) in [5.41, 5.74) is 5.31. The minimum Gasteiger partial charge on any atom is -0.207 e. The molecule has 0 aromatic heterocycles. The Bertz CT molecular complexity index is 3870. The van der Waals surface area contributed by atoms with Gasteiger partial charge in [-0.3, -0.25) is 0 Å². The first-order valence-corrected chi connectivity index (χ1v) is 35.7. The van der Waals surface area contributed by atoms with Crippen molar-refractivity contribution in [3.8, 4) is 0 Å². The molecule has 0 atom stereocenters. The van der Waals surface area contributed by atoms with Gasteiger partial charge >= 0.3 is 0 Å². The molecule has 0 spiro atoms. The molecule has 84 heavy (non-hydrogen) atoms. The average molecular weight is 1260 g/mol. The number of hydrogen-bond donors (Lipinski definition) is 0. The first-order valence-electron chi connectivity index (χ1n) is 27.1. The Morgan fingerprint density at radius 1 is 0.226 bits per heavy atom. The van der Waals surface area contributed by atoms with Crippen molar-refractivity contribution in [1.82, 2.24) is 25.8 Å². The number of nitrogens with zero attached hydrogens (tertiary/aromatic N) is 6. The van der Waals surface area contributed by atoms with E-state index in [4.69, 9.17) is 0 Å². The van der Waals surface area contributed by atoms with Gasteiger partial charge in [-0.15, -0.1) is 0 Å². The van der Waals surface area contributed by atoms with Crippen LogP contribution in [0.15, 0.2) is 199 Å². The summed E-state index contributed by atoms with van der Waals surface area (Å²) < 4.78 is 186. The zero-order chi connectivity index (χ0) is 60.8. The van der Waals surface area contributed by atoms with Gasteiger partial charge in [-0.25, -0.2) is 50.5 Å². The zero-order valence-electron chi connectivity index (χ0n) is 47.7. The second-order valence-electron chi connectivity index (χ2n) is 21.0. The lowest BCUT2D eigenvalue weighted by molar-refractivity contribution is 0.288. The quantitative estimate of drug-likeness (QED) is 0.115. The van der Waals surface area contributed by atoms with E-state index in [1.807, 2.05) is 0 Å². The van der Waals surface area contributed by atoms with Crippen molar-refractivity contribution in [3.05, 3.63) is 214 Å². The molecule has 448 valence electrons. The summed E-state index contributed by atoms with van der Waals surface area (Å²) in [6, 6.07) is 42.7. The molecule has 1 aliphatic heterocycles. The molecule has 7 aromatic rings. The maximum atomic E-state index is 15.1. The maximum Gasteiger partial charge on any atom is 0.243 e. The molecule has 1 aliphatic rings. The lowest BCUT2D eigenvalue weighted by Crippen LogP contribution is -2.48. The van der Waals surface area contributed by atoms with Gasteiger partial charge in [-0.2, -0.15) is 25.8 Å². The van der Waals surface area contributed by atoms with E-state index in [-0.39, 0.29) is 42.5 Å². The molecule has 0 saturated carbocycles. The van der Waals surface area contributed by atoms with Crippen molar-refractivity contribution in [2.75, 3.05) is 65.4 Å². The van der Waals surface area contributed by atoms with Crippen LogP contribution in [0.5, 0.6) is 0 Å². The van der Waals surface area contributed by atoms with Crippen molar-refractivity contribution in [3.63, 3.8) is 0 Å². The van der Waals surface area contributed by atoms with Gasteiger partial charge in [0, 0.05) is 78.5 Å². The molecule has 0 radical (unpaired) electrons. The highest BCUT2D eigenvalue weighted by atomic mass is 32.2. The lowest BCUT2D eigenvalue weighted by Gasteiger charge is -2.31. The van der Waals surface area contributed by atoms with Crippen LogP contribution < -0.4 is 0 Å². The SMILES string of the molecule is Cc1ccc(S(=O)(=O)N2CCN(S(=O)(=O)c3ccc(C)cc3)CCN(S(=O)(=O)c3ccc(C)cc3)CCN(S(=O)(=O)c3ccc(C)cc3)Cc3cccc(c3)CN(S(=O)(=O)c3ccc(C)cc3)CCN(S(=O)(=O)c3ccc(C)cc3)CC2)cc1.